The van der Waals surface area contributed by atoms with Crippen molar-refractivity contribution in [2.75, 3.05) is 18.4 Å². The Hall–Kier alpha value is -2.82. The third-order valence-electron chi connectivity index (χ3n) is 5.33. The molecule has 0 saturated heterocycles. The Balaban J connectivity index is 2.03. The van der Waals surface area contributed by atoms with Crippen LogP contribution in [0.4, 0.5) is 5.82 Å². The number of aromatic nitrogens is 1. The van der Waals surface area contributed by atoms with Crippen molar-refractivity contribution in [2.24, 2.45) is 0 Å². The predicted octanol–water partition coefficient (Wildman–Crippen LogP) is 6.80. The number of hydrogen-bond donors (Lipinski definition) is 3. The zero-order valence-corrected chi connectivity index (χ0v) is 20.2. The first-order valence-electron chi connectivity index (χ1n) is 11.2. The van der Waals surface area contributed by atoms with Crippen molar-refractivity contribution in [3.63, 3.8) is 0 Å². The number of anilines is 1. The summed E-state index contributed by atoms with van der Waals surface area (Å²) in [5, 5.41) is 13.0. The molecular weight excluding hydrogens is 416 g/mol. The molecule has 0 fully saturated rings. The summed E-state index contributed by atoms with van der Waals surface area (Å²) in [5.74, 6) is 0.771. The zero-order valence-electron chi connectivity index (χ0n) is 19.5. The first kappa shape index (κ1) is 23.8. The minimum atomic E-state index is 0.704. The van der Waals surface area contributed by atoms with E-state index in [4.69, 9.17) is 16.6 Å². The van der Waals surface area contributed by atoms with E-state index in [1.807, 2.05) is 31.2 Å². The molecule has 0 radical (unpaired) electrons. The summed E-state index contributed by atoms with van der Waals surface area (Å²) < 4.78 is 0. The fraction of sp³-hybridized carbons (Fsp3) is 0.296. The van der Waals surface area contributed by atoms with Crippen LogP contribution in [-0.2, 0) is 6.54 Å². The largest absolute Gasteiger partial charge is 0.389 e. The number of nitrogens with zero attached hydrogens (tertiary/aromatic N) is 1. The van der Waals surface area contributed by atoms with E-state index in [1.54, 1.807) is 0 Å². The lowest BCUT2D eigenvalue weighted by atomic mass is 10.0. The molecule has 0 aliphatic heterocycles. The molecule has 3 aromatic rings. The number of fused-ring (bicyclic) bond motifs is 1. The van der Waals surface area contributed by atoms with Crippen LogP contribution in [0.2, 0.25) is 5.02 Å². The van der Waals surface area contributed by atoms with E-state index in [0.717, 1.165) is 65.3 Å². The molecule has 4 nitrogen and oxygen atoms in total. The highest BCUT2D eigenvalue weighted by molar-refractivity contribution is 6.33. The van der Waals surface area contributed by atoms with E-state index < -0.39 is 0 Å². The van der Waals surface area contributed by atoms with Gasteiger partial charge in [-0.25, -0.2) is 4.98 Å². The summed E-state index contributed by atoms with van der Waals surface area (Å²) in [7, 11) is 0. The number of pyridine rings is 1. The molecule has 0 amide bonds. The first-order chi connectivity index (χ1) is 15.4. The van der Waals surface area contributed by atoms with Gasteiger partial charge in [-0.2, -0.15) is 0 Å². The number of halogens is 1. The van der Waals surface area contributed by atoms with Crippen LogP contribution in [0.25, 0.3) is 22.0 Å². The van der Waals surface area contributed by atoms with Gasteiger partial charge in [0.25, 0.3) is 0 Å². The maximum absolute atomic E-state index is 6.68. The highest BCUT2D eigenvalue weighted by Gasteiger charge is 2.13. The smallest absolute Gasteiger partial charge is 0.138 e. The van der Waals surface area contributed by atoms with Crippen LogP contribution >= 0.6 is 11.6 Å². The monoisotopic (exact) mass is 448 g/mol. The van der Waals surface area contributed by atoms with Gasteiger partial charge < -0.3 is 16.0 Å². The van der Waals surface area contributed by atoms with E-state index in [-0.39, 0.29) is 0 Å². The summed E-state index contributed by atoms with van der Waals surface area (Å²) in [6, 6.07) is 14.5. The van der Waals surface area contributed by atoms with Crippen molar-refractivity contribution in [2.45, 2.75) is 40.7 Å². The number of allylic oxidation sites excluding steroid dienone is 2. The fourth-order valence-corrected chi connectivity index (χ4v) is 3.93. The standard InChI is InChI=1S/C27H33ClN4/c1-6-12-30-19(4)14-20(5)31-27-23-11-9-8-10-21(23)16-26(32-27)24-15-22(17-29-7-2)18(3)13-25(24)28/h8-11,13-16,29-30H,5-7,12,17H2,1-4H3,(H,31,32)/b19-14-. The van der Waals surface area contributed by atoms with Crippen LogP contribution in [0.1, 0.15) is 38.3 Å². The zero-order chi connectivity index (χ0) is 23.1. The van der Waals surface area contributed by atoms with Gasteiger partial charge in [0, 0.05) is 35.4 Å². The quantitative estimate of drug-likeness (QED) is 0.298. The molecule has 168 valence electrons. The van der Waals surface area contributed by atoms with Gasteiger partial charge >= 0.3 is 0 Å². The summed E-state index contributed by atoms with van der Waals surface area (Å²) in [6.45, 7) is 15.2. The third-order valence-corrected chi connectivity index (χ3v) is 5.64. The van der Waals surface area contributed by atoms with Gasteiger partial charge in [0.05, 0.1) is 10.7 Å². The second kappa shape index (κ2) is 11.2. The average Bonchev–Trinajstić information content (AvgIpc) is 2.77. The minimum Gasteiger partial charge on any atom is -0.389 e. The molecule has 3 N–H and O–H groups in total. The summed E-state index contributed by atoms with van der Waals surface area (Å²) >= 11 is 6.68. The van der Waals surface area contributed by atoms with Crippen LogP contribution in [0.3, 0.4) is 0 Å². The van der Waals surface area contributed by atoms with Crippen molar-refractivity contribution in [3.8, 4) is 11.3 Å². The van der Waals surface area contributed by atoms with E-state index in [0.29, 0.717) is 5.02 Å². The summed E-state index contributed by atoms with van der Waals surface area (Å²) in [4.78, 5) is 4.97. The Morgan fingerprint density at radius 3 is 2.69 bits per heavy atom. The van der Waals surface area contributed by atoms with Crippen LogP contribution in [-0.4, -0.2) is 18.1 Å². The molecular formula is C27H33ClN4. The number of benzene rings is 2. The van der Waals surface area contributed by atoms with Gasteiger partial charge in [-0.1, -0.05) is 56.3 Å². The van der Waals surface area contributed by atoms with Gasteiger partial charge in [0.1, 0.15) is 5.82 Å². The second-order valence-corrected chi connectivity index (χ2v) is 8.43. The maximum atomic E-state index is 6.68. The lowest BCUT2D eigenvalue weighted by molar-refractivity contribution is 0.724. The van der Waals surface area contributed by atoms with Crippen molar-refractivity contribution in [1.82, 2.24) is 15.6 Å². The molecule has 1 heterocycles. The van der Waals surface area contributed by atoms with Crippen molar-refractivity contribution >= 4 is 28.2 Å². The Morgan fingerprint density at radius 2 is 1.94 bits per heavy atom. The van der Waals surface area contributed by atoms with Crippen molar-refractivity contribution < 1.29 is 0 Å². The molecule has 0 unspecified atom stereocenters. The van der Waals surface area contributed by atoms with Gasteiger partial charge in [-0.15, -0.1) is 0 Å². The average molecular weight is 449 g/mol. The number of aryl methyl sites for hydroxylation is 1. The van der Waals surface area contributed by atoms with E-state index in [2.05, 4.69) is 67.6 Å². The van der Waals surface area contributed by atoms with Gasteiger partial charge in [0.15, 0.2) is 0 Å². The van der Waals surface area contributed by atoms with Crippen LogP contribution < -0.4 is 16.0 Å². The molecule has 3 rings (SSSR count). The summed E-state index contributed by atoms with van der Waals surface area (Å²) in [6.07, 6.45) is 3.08. The van der Waals surface area contributed by atoms with Crippen molar-refractivity contribution in [3.05, 3.63) is 82.7 Å². The molecule has 1 aromatic heterocycles. The molecule has 0 bridgehead atoms. The SMILES string of the molecule is C=C(/C=C(/C)NCCC)Nc1nc(-c2cc(CNCC)c(C)cc2Cl)cc2ccccc12. The highest BCUT2D eigenvalue weighted by Crippen LogP contribution is 2.34. The molecule has 0 spiro atoms. The Kier molecular flexibility index (Phi) is 8.32. The topological polar surface area (TPSA) is 49.0 Å². The molecule has 0 aliphatic carbocycles. The second-order valence-electron chi connectivity index (χ2n) is 8.02. The van der Waals surface area contributed by atoms with Crippen LogP contribution in [0.5, 0.6) is 0 Å². The molecule has 0 saturated carbocycles. The molecule has 5 heteroatoms. The Labute approximate surface area is 196 Å². The number of nitrogens with one attached hydrogen (secondary N) is 3. The molecule has 0 atom stereocenters. The van der Waals surface area contributed by atoms with Crippen LogP contribution in [0.15, 0.2) is 66.5 Å². The maximum Gasteiger partial charge on any atom is 0.138 e. The first-order valence-corrected chi connectivity index (χ1v) is 11.6. The Morgan fingerprint density at radius 1 is 1.16 bits per heavy atom. The highest BCUT2D eigenvalue weighted by atomic mass is 35.5. The summed E-state index contributed by atoms with van der Waals surface area (Å²) in [5.41, 5.74) is 6.02. The van der Waals surface area contributed by atoms with E-state index in [1.165, 1.54) is 11.1 Å². The molecule has 0 aliphatic rings. The van der Waals surface area contributed by atoms with E-state index >= 15 is 0 Å². The van der Waals surface area contributed by atoms with Crippen molar-refractivity contribution in [1.29, 1.82) is 0 Å². The van der Waals surface area contributed by atoms with Gasteiger partial charge in [-0.3, -0.25) is 0 Å². The number of rotatable bonds is 10. The van der Waals surface area contributed by atoms with Crippen LogP contribution in [0, 0.1) is 6.92 Å². The third kappa shape index (κ3) is 5.90. The number of hydrogen-bond acceptors (Lipinski definition) is 4. The Bertz CT molecular complexity index is 1130. The molecule has 2 aromatic carbocycles. The lowest BCUT2D eigenvalue weighted by Crippen LogP contribution is -2.13. The van der Waals surface area contributed by atoms with Gasteiger partial charge in [-0.05, 0) is 67.6 Å². The minimum absolute atomic E-state index is 0.704. The normalized spacial score (nSPS) is 11.6. The fourth-order valence-electron chi connectivity index (χ4n) is 3.62. The molecule has 32 heavy (non-hydrogen) atoms. The lowest BCUT2D eigenvalue weighted by Gasteiger charge is -2.15. The van der Waals surface area contributed by atoms with E-state index in [9.17, 15) is 0 Å². The van der Waals surface area contributed by atoms with Gasteiger partial charge in [0.2, 0.25) is 0 Å². The predicted molar refractivity (Wildman–Crippen MR) is 139 cm³/mol.